The lowest BCUT2D eigenvalue weighted by atomic mass is 10.3. The number of nitrogens with zero attached hydrogens (tertiary/aromatic N) is 5. The highest BCUT2D eigenvalue weighted by Gasteiger charge is 2.14. The fourth-order valence-electron chi connectivity index (χ4n) is 1.96. The molecule has 0 amide bonds. The molecule has 3 aromatic heterocycles. The van der Waals surface area contributed by atoms with Gasteiger partial charge in [0.05, 0.1) is 25.0 Å². The Morgan fingerprint density at radius 1 is 1.32 bits per heavy atom. The van der Waals surface area contributed by atoms with Crippen LogP contribution in [0.1, 0.15) is 23.1 Å². The molecule has 0 aliphatic heterocycles. The Labute approximate surface area is 126 Å². The Morgan fingerprint density at radius 3 is 3.00 bits per heavy atom. The third kappa shape index (κ3) is 2.85. The minimum atomic E-state index is -0.453. The predicted molar refractivity (Wildman–Crippen MR) is 78.3 cm³/mol. The molecule has 0 unspecified atom stereocenters. The molecular formula is C14H14N6O2. The number of ether oxygens (including phenoxy) is 1. The first-order valence-electron chi connectivity index (χ1n) is 6.78. The molecule has 0 saturated heterocycles. The van der Waals surface area contributed by atoms with Crippen LogP contribution < -0.4 is 5.32 Å². The smallest absolute Gasteiger partial charge is 0.358 e. The molecule has 8 nitrogen and oxygen atoms in total. The van der Waals surface area contributed by atoms with Crippen molar-refractivity contribution in [3.8, 4) is 0 Å². The van der Waals surface area contributed by atoms with E-state index in [4.69, 9.17) is 4.74 Å². The zero-order valence-corrected chi connectivity index (χ0v) is 11.9. The second-order valence-electron chi connectivity index (χ2n) is 4.41. The van der Waals surface area contributed by atoms with Gasteiger partial charge in [-0.1, -0.05) is 0 Å². The van der Waals surface area contributed by atoms with Crippen LogP contribution in [0.3, 0.4) is 0 Å². The zero-order chi connectivity index (χ0) is 15.4. The van der Waals surface area contributed by atoms with Gasteiger partial charge in [-0.2, -0.15) is 5.10 Å². The zero-order valence-electron chi connectivity index (χ0n) is 11.9. The van der Waals surface area contributed by atoms with Gasteiger partial charge in [-0.15, -0.1) is 0 Å². The minimum absolute atomic E-state index is 0.248. The number of esters is 1. The minimum Gasteiger partial charge on any atom is -0.461 e. The van der Waals surface area contributed by atoms with E-state index in [0.717, 1.165) is 5.69 Å². The number of hydrogen-bond donors (Lipinski definition) is 1. The molecule has 0 aliphatic carbocycles. The summed E-state index contributed by atoms with van der Waals surface area (Å²) in [6.07, 6.45) is 8.20. The summed E-state index contributed by atoms with van der Waals surface area (Å²) in [6.45, 7) is 2.53. The van der Waals surface area contributed by atoms with E-state index in [1.54, 1.807) is 48.5 Å². The summed E-state index contributed by atoms with van der Waals surface area (Å²) in [5.74, 6) is 0.155. The molecule has 3 heterocycles. The van der Waals surface area contributed by atoms with Crippen molar-refractivity contribution in [2.24, 2.45) is 0 Å². The Balaban J connectivity index is 1.85. The molecule has 0 radical (unpaired) electrons. The highest BCUT2D eigenvalue weighted by Crippen LogP contribution is 2.16. The van der Waals surface area contributed by atoms with Crippen molar-refractivity contribution in [3.05, 3.63) is 48.4 Å². The Hall–Kier alpha value is -3.03. The van der Waals surface area contributed by atoms with Gasteiger partial charge < -0.3 is 10.1 Å². The first kappa shape index (κ1) is 13.9. The van der Waals surface area contributed by atoms with E-state index >= 15 is 0 Å². The van der Waals surface area contributed by atoms with Crippen molar-refractivity contribution < 1.29 is 9.53 Å². The second-order valence-corrected chi connectivity index (χ2v) is 4.41. The molecular weight excluding hydrogens is 284 g/mol. The van der Waals surface area contributed by atoms with E-state index in [-0.39, 0.29) is 5.69 Å². The van der Waals surface area contributed by atoms with Crippen LogP contribution in [0.15, 0.2) is 37.1 Å². The first-order chi connectivity index (χ1) is 10.8. The lowest BCUT2D eigenvalue weighted by Gasteiger charge is -2.05. The highest BCUT2D eigenvalue weighted by molar-refractivity contribution is 5.90. The third-order valence-corrected chi connectivity index (χ3v) is 2.93. The van der Waals surface area contributed by atoms with Crippen LogP contribution in [0.5, 0.6) is 0 Å². The molecule has 8 heteroatoms. The van der Waals surface area contributed by atoms with Crippen molar-refractivity contribution >= 4 is 17.3 Å². The molecule has 0 aliphatic rings. The standard InChI is InChI=1S/C14H14N6O2/c1-2-22-14(21)11-7-12-13(17-5-6-20(12)19-11)18-9-10-8-15-3-4-16-10/h3-8H,2,9H2,1H3,(H,17,18). The average molecular weight is 298 g/mol. The Kier molecular flexibility index (Phi) is 3.90. The molecule has 0 bridgehead atoms. The molecule has 0 atom stereocenters. The van der Waals surface area contributed by atoms with E-state index in [2.05, 4.69) is 25.4 Å². The number of nitrogens with one attached hydrogen (secondary N) is 1. The first-order valence-corrected chi connectivity index (χ1v) is 6.78. The van der Waals surface area contributed by atoms with Crippen LogP contribution in [0.4, 0.5) is 5.82 Å². The highest BCUT2D eigenvalue weighted by atomic mass is 16.5. The Bertz CT molecular complexity index is 786. The number of carbonyl (C=O) groups excluding carboxylic acids is 1. The summed E-state index contributed by atoms with van der Waals surface area (Å²) in [5.41, 5.74) is 1.73. The summed E-state index contributed by atoms with van der Waals surface area (Å²) in [7, 11) is 0. The summed E-state index contributed by atoms with van der Waals surface area (Å²) in [4.78, 5) is 24.2. The molecule has 0 fully saturated rings. The molecule has 0 saturated carbocycles. The molecule has 112 valence electrons. The van der Waals surface area contributed by atoms with E-state index in [1.165, 1.54) is 0 Å². The van der Waals surface area contributed by atoms with Crippen LogP contribution in [0.25, 0.3) is 5.52 Å². The van der Waals surface area contributed by atoms with Crippen LogP contribution in [0.2, 0.25) is 0 Å². The lowest BCUT2D eigenvalue weighted by Crippen LogP contribution is -2.05. The average Bonchev–Trinajstić information content (AvgIpc) is 2.99. The van der Waals surface area contributed by atoms with Gasteiger partial charge in [-0.3, -0.25) is 9.97 Å². The van der Waals surface area contributed by atoms with E-state index < -0.39 is 5.97 Å². The predicted octanol–water partition coefficient (Wildman–Crippen LogP) is 1.31. The van der Waals surface area contributed by atoms with Gasteiger partial charge in [-0.25, -0.2) is 14.3 Å². The maximum Gasteiger partial charge on any atom is 0.358 e. The van der Waals surface area contributed by atoms with Gasteiger partial charge in [0, 0.05) is 30.9 Å². The monoisotopic (exact) mass is 298 g/mol. The largest absolute Gasteiger partial charge is 0.461 e. The number of carbonyl (C=O) groups is 1. The molecule has 1 N–H and O–H groups in total. The number of anilines is 1. The van der Waals surface area contributed by atoms with Crippen molar-refractivity contribution in [3.63, 3.8) is 0 Å². The van der Waals surface area contributed by atoms with Gasteiger partial charge in [0.2, 0.25) is 0 Å². The van der Waals surface area contributed by atoms with E-state index in [9.17, 15) is 4.79 Å². The summed E-state index contributed by atoms with van der Waals surface area (Å²) < 4.78 is 6.53. The SMILES string of the molecule is CCOC(=O)c1cc2c(NCc3cnccn3)nccn2n1. The van der Waals surface area contributed by atoms with Gasteiger partial charge in [-0.05, 0) is 6.92 Å². The van der Waals surface area contributed by atoms with Gasteiger partial charge in [0.1, 0.15) is 5.52 Å². The van der Waals surface area contributed by atoms with E-state index in [1.807, 2.05) is 0 Å². The van der Waals surface area contributed by atoms with Crippen molar-refractivity contribution in [2.75, 3.05) is 11.9 Å². The van der Waals surface area contributed by atoms with Crippen LogP contribution in [-0.4, -0.2) is 37.1 Å². The lowest BCUT2D eigenvalue weighted by molar-refractivity contribution is 0.0519. The normalized spacial score (nSPS) is 10.6. The van der Waals surface area contributed by atoms with Gasteiger partial charge in [0.15, 0.2) is 11.5 Å². The van der Waals surface area contributed by atoms with Crippen molar-refractivity contribution in [2.45, 2.75) is 13.5 Å². The molecule has 3 aromatic rings. The van der Waals surface area contributed by atoms with Crippen LogP contribution in [0, 0.1) is 0 Å². The number of fused-ring (bicyclic) bond motifs is 1. The molecule has 22 heavy (non-hydrogen) atoms. The number of aromatic nitrogens is 5. The van der Waals surface area contributed by atoms with Crippen molar-refractivity contribution in [1.82, 2.24) is 24.6 Å². The van der Waals surface area contributed by atoms with Gasteiger partial charge in [0.25, 0.3) is 0 Å². The maximum absolute atomic E-state index is 11.7. The fraction of sp³-hybridized carbons (Fsp3) is 0.214. The molecule has 0 aromatic carbocycles. The molecule has 0 spiro atoms. The topological polar surface area (TPSA) is 94.3 Å². The fourth-order valence-corrected chi connectivity index (χ4v) is 1.96. The number of rotatable bonds is 5. The van der Waals surface area contributed by atoms with Crippen LogP contribution in [-0.2, 0) is 11.3 Å². The quantitative estimate of drug-likeness (QED) is 0.709. The second kappa shape index (κ2) is 6.17. The number of hydrogen-bond acceptors (Lipinski definition) is 7. The van der Waals surface area contributed by atoms with Crippen LogP contribution >= 0.6 is 0 Å². The van der Waals surface area contributed by atoms with E-state index in [0.29, 0.717) is 24.5 Å². The molecule has 3 rings (SSSR count). The summed E-state index contributed by atoms with van der Waals surface area (Å²) in [5, 5.41) is 7.34. The Morgan fingerprint density at radius 2 is 2.23 bits per heavy atom. The van der Waals surface area contributed by atoms with Gasteiger partial charge >= 0.3 is 5.97 Å². The maximum atomic E-state index is 11.7. The summed E-state index contributed by atoms with van der Waals surface area (Å²) >= 11 is 0. The van der Waals surface area contributed by atoms with Crippen molar-refractivity contribution in [1.29, 1.82) is 0 Å². The third-order valence-electron chi connectivity index (χ3n) is 2.93. The summed E-state index contributed by atoms with van der Waals surface area (Å²) in [6, 6.07) is 1.64.